The second-order valence-electron chi connectivity index (χ2n) is 3.29. The SMILES string of the molecule is CNC(=O)c1ccc(S(C)(=O)=O)cc1[N+](=O)[O-]. The van der Waals surface area contributed by atoms with Gasteiger partial charge in [-0.3, -0.25) is 14.9 Å². The van der Waals surface area contributed by atoms with E-state index in [4.69, 9.17) is 0 Å². The first-order valence-electron chi connectivity index (χ1n) is 4.48. The van der Waals surface area contributed by atoms with Gasteiger partial charge in [0.15, 0.2) is 9.84 Å². The maximum absolute atomic E-state index is 11.3. The van der Waals surface area contributed by atoms with Gasteiger partial charge in [-0.05, 0) is 12.1 Å². The summed E-state index contributed by atoms with van der Waals surface area (Å²) < 4.78 is 22.5. The summed E-state index contributed by atoms with van der Waals surface area (Å²) in [4.78, 5) is 21.1. The number of nitrogens with zero attached hydrogens (tertiary/aromatic N) is 1. The monoisotopic (exact) mass is 258 g/mol. The van der Waals surface area contributed by atoms with Gasteiger partial charge in [-0.2, -0.15) is 0 Å². The predicted molar refractivity (Wildman–Crippen MR) is 59.6 cm³/mol. The van der Waals surface area contributed by atoms with Crippen LogP contribution < -0.4 is 5.32 Å². The second-order valence-corrected chi connectivity index (χ2v) is 5.30. The third-order valence-corrected chi connectivity index (χ3v) is 3.18. The van der Waals surface area contributed by atoms with Crippen LogP contribution in [0.15, 0.2) is 23.1 Å². The molecule has 8 heteroatoms. The molecule has 0 fully saturated rings. The Morgan fingerprint density at radius 1 is 1.41 bits per heavy atom. The van der Waals surface area contributed by atoms with Gasteiger partial charge in [-0.15, -0.1) is 0 Å². The topological polar surface area (TPSA) is 106 Å². The molecule has 1 N–H and O–H groups in total. The van der Waals surface area contributed by atoms with Crippen LogP contribution in [0, 0.1) is 10.1 Å². The number of amides is 1. The Hall–Kier alpha value is -1.96. The first-order valence-corrected chi connectivity index (χ1v) is 6.37. The molecule has 17 heavy (non-hydrogen) atoms. The van der Waals surface area contributed by atoms with Crippen LogP contribution in [0.2, 0.25) is 0 Å². The average molecular weight is 258 g/mol. The zero-order valence-corrected chi connectivity index (χ0v) is 9.95. The summed E-state index contributed by atoms with van der Waals surface area (Å²) in [5.41, 5.74) is -0.711. The lowest BCUT2D eigenvalue weighted by atomic mass is 10.1. The second kappa shape index (κ2) is 4.50. The molecule has 0 aliphatic heterocycles. The van der Waals surface area contributed by atoms with E-state index in [9.17, 15) is 23.3 Å². The molecule has 0 atom stereocenters. The molecule has 0 radical (unpaired) electrons. The predicted octanol–water partition coefficient (Wildman–Crippen LogP) is 0.358. The van der Waals surface area contributed by atoms with Gasteiger partial charge in [-0.1, -0.05) is 0 Å². The van der Waals surface area contributed by atoms with Crippen LogP contribution in [0.4, 0.5) is 5.69 Å². The third kappa shape index (κ3) is 2.78. The van der Waals surface area contributed by atoms with Crippen molar-refractivity contribution in [3.05, 3.63) is 33.9 Å². The first-order chi connectivity index (χ1) is 7.77. The van der Waals surface area contributed by atoms with Gasteiger partial charge in [0.2, 0.25) is 0 Å². The summed E-state index contributed by atoms with van der Waals surface area (Å²) in [6.07, 6.45) is 0.936. The Morgan fingerprint density at radius 3 is 2.41 bits per heavy atom. The van der Waals surface area contributed by atoms with Gasteiger partial charge in [0.05, 0.1) is 9.82 Å². The van der Waals surface area contributed by atoms with Crippen molar-refractivity contribution in [1.29, 1.82) is 0 Å². The fourth-order valence-corrected chi connectivity index (χ4v) is 1.86. The van der Waals surface area contributed by atoms with Crippen molar-refractivity contribution >= 4 is 21.4 Å². The molecule has 0 heterocycles. The summed E-state index contributed by atoms with van der Waals surface area (Å²) in [6.45, 7) is 0. The number of carbonyl (C=O) groups excluding carboxylic acids is 1. The van der Waals surface area contributed by atoms with Crippen LogP contribution in [-0.4, -0.2) is 32.6 Å². The van der Waals surface area contributed by atoms with Crippen molar-refractivity contribution in [3.8, 4) is 0 Å². The number of sulfone groups is 1. The number of rotatable bonds is 3. The smallest absolute Gasteiger partial charge is 0.283 e. The highest BCUT2D eigenvalue weighted by Gasteiger charge is 2.22. The third-order valence-electron chi connectivity index (χ3n) is 2.07. The number of nitro benzene ring substituents is 1. The van der Waals surface area contributed by atoms with Crippen molar-refractivity contribution in [2.45, 2.75) is 4.90 Å². The van der Waals surface area contributed by atoms with Gasteiger partial charge in [-0.25, -0.2) is 8.42 Å². The summed E-state index contributed by atoms with van der Waals surface area (Å²) in [7, 11) is -2.21. The molecule has 7 nitrogen and oxygen atoms in total. The normalized spacial score (nSPS) is 10.9. The molecule has 0 bridgehead atoms. The van der Waals surface area contributed by atoms with E-state index < -0.39 is 26.4 Å². The molecule has 1 aromatic rings. The van der Waals surface area contributed by atoms with E-state index >= 15 is 0 Å². The molecule has 0 unspecified atom stereocenters. The van der Waals surface area contributed by atoms with Crippen molar-refractivity contribution in [1.82, 2.24) is 5.32 Å². The maximum Gasteiger partial charge on any atom is 0.283 e. The Bertz CT molecular complexity index is 579. The van der Waals surface area contributed by atoms with Crippen LogP contribution in [0.3, 0.4) is 0 Å². The Labute approximate surface area is 97.5 Å². The number of hydrogen-bond donors (Lipinski definition) is 1. The van der Waals surface area contributed by atoms with Gasteiger partial charge >= 0.3 is 0 Å². The average Bonchev–Trinajstić information content (AvgIpc) is 2.25. The Kier molecular flexibility index (Phi) is 3.47. The molecule has 0 saturated carbocycles. The molecule has 0 aliphatic rings. The zero-order valence-electron chi connectivity index (χ0n) is 9.13. The molecule has 0 aromatic heterocycles. The largest absolute Gasteiger partial charge is 0.355 e. The molecule has 1 rings (SSSR count). The van der Waals surface area contributed by atoms with Crippen LogP contribution in [0.5, 0.6) is 0 Å². The maximum atomic E-state index is 11.3. The molecule has 0 aliphatic carbocycles. The van der Waals surface area contributed by atoms with E-state index in [2.05, 4.69) is 5.32 Å². The van der Waals surface area contributed by atoms with Crippen molar-refractivity contribution in [2.24, 2.45) is 0 Å². The zero-order chi connectivity index (χ0) is 13.2. The van der Waals surface area contributed by atoms with Crippen LogP contribution >= 0.6 is 0 Å². The highest BCUT2D eigenvalue weighted by atomic mass is 32.2. The molecule has 0 saturated heterocycles. The number of benzene rings is 1. The minimum Gasteiger partial charge on any atom is -0.355 e. The highest BCUT2D eigenvalue weighted by Crippen LogP contribution is 2.22. The van der Waals surface area contributed by atoms with Crippen molar-refractivity contribution < 1.29 is 18.1 Å². The van der Waals surface area contributed by atoms with Crippen LogP contribution in [0.1, 0.15) is 10.4 Å². The summed E-state index contributed by atoms with van der Waals surface area (Å²) in [5, 5.41) is 13.0. The van der Waals surface area contributed by atoms with Crippen LogP contribution in [0.25, 0.3) is 0 Å². The lowest BCUT2D eigenvalue weighted by Crippen LogP contribution is -2.19. The summed E-state index contributed by atoms with van der Waals surface area (Å²) in [6, 6.07) is 3.15. The molecule has 1 aromatic carbocycles. The van der Waals surface area contributed by atoms with E-state index in [1.165, 1.54) is 7.05 Å². The minimum absolute atomic E-state index is 0.176. The van der Waals surface area contributed by atoms with Gasteiger partial charge < -0.3 is 5.32 Å². The summed E-state index contributed by atoms with van der Waals surface area (Å²) in [5.74, 6) is -0.642. The number of carbonyl (C=O) groups is 1. The van der Waals surface area contributed by atoms with Crippen molar-refractivity contribution in [3.63, 3.8) is 0 Å². The van der Waals surface area contributed by atoms with E-state index in [0.717, 1.165) is 24.5 Å². The lowest BCUT2D eigenvalue weighted by Gasteiger charge is -2.03. The quantitative estimate of drug-likeness (QED) is 0.622. The van der Waals surface area contributed by atoms with E-state index in [0.29, 0.717) is 0 Å². The number of hydrogen-bond acceptors (Lipinski definition) is 5. The molecule has 92 valence electrons. The van der Waals surface area contributed by atoms with E-state index in [1.807, 2.05) is 0 Å². The minimum atomic E-state index is -3.54. The van der Waals surface area contributed by atoms with Gasteiger partial charge in [0.25, 0.3) is 11.6 Å². The standard InChI is InChI=1S/C9H10N2O5S/c1-10-9(12)7-4-3-6(17(2,15)16)5-8(7)11(13)14/h3-5H,1-2H3,(H,10,12). The van der Waals surface area contributed by atoms with Crippen molar-refractivity contribution in [2.75, 3.05) is 13.3 Å². The summed E-state index contributed by atoms with van der Waals surface area (Å²) >= 11 is 0. The van der Waals surface area contributed by atoms with Gasteiger partial charge in [0, 0.05) is 19.4 Å². The Morgan fingerprint density at radius 2 is 2.00 bits per heavy atom. The number of nitrogens with one attached hydrogen (secondary N) is 1. The molecule has 1 amide bonds. The molecule has 0 spiro atoms. The van der Waals surface area contributed by atoms with E-state index in [1.54, 1.807) is 0 Å². The van der Waals surface area contributed by atoms with Gasteiger partial charge in [0.1, 0.15) is 5.56 Å². The first kappa shape index (κ1) is 13.1. The molecular formula is C9H10N2O5S. The lowest BCUT2D eigenvalue weighted by molar-refractivity contribution is -0.385. The van der Waals surface area contributed by atoms with E-state index in [-0.39, 0.29) is 10.5 Å². The Balaban J connectivity index is 3.48. The molecular weight excluding hydrogens is 248 g/mol. The fraction of sp³-hybridized carbons (Fsp3) is 0.222. The fourth-order valence-electron chi connectivity index (χ4n) is 1.22. The highest BCUT2D eigenvalue weighted by molar-refractivity contribution is 7.90. The van der Waals surface area contributed by atoms with Crippen LogP contribution in [-0.2, 0) is 9.84 Å². The number of nitro groups is 1.